The number of hydrogen-bond donors (Lipinski definition) is 4. The van der Waals surface area contributed by atoms with Crippen LogP contribution in [0.3, 0.4) is 0 Å². The molecule has 3 aromatic carbocycles. The van der Waals surface area contributed by atoms with E-state index in [1.54, 1.807) is 42.5 Å². The molecule has 7 rings (SSSR count). The van der Waals surface area contributed by atoms with Gasteiger partial charge in [0, 0.05) is 61.8 Å². The standard InChI is InChI=1S/C43H50N6O6/c50-38-10-6-5-9-35(38)39(51)20-24-47-27-33-26-32(47)28-48(33)31-14-11-29(12-15-31)19-23-44-21-7-3-1-2-4-8-22-45-30-13-16-34-36(25-30)43(55)49(42(34)54)37-17-18-40(52)46-41(37)53/h5-6,9-16,20,24-25,32-33,37,44-45,50H,1-4,7-8,17-19,21-23,26-28H2,(H,46,52,53)/b24-20+/t32-,33-,37?/m1/s1. The molecule has 2 bridgehead atoms. The number of nitrogens with zero attached hydrogens (tertiary/aromatic N) is 3. The van der Waals surface area contributed by atoms with Crippen LogP contribution in [0, 0.1) is 0 Å². The Kier molecular flexibility index (Phi) is 11.9. The number of hydrogen-bond acceptors (Lipinski definition) is 10. The van der Waals surface area contributed by atoms with Gasteiger partial charge in [-0.05, 0) is 93.2 Å². The summed E-state index contributed by atoms with van der Waals surface area (Å²) in [6.45, 7) is 4.56. The maximum atomic E-state index is 13.0. The first-order valence-corrected chi connectivity index (χ1v) is 19.7. The molecule has 3 saturated heterocycles. The Balaban J connectivity index is 0.718. The van der Waals surface area contributed by atoms with Crippen molar-refractivity contribution in [2.45, 2.75) is 82.3 Å². The third-order valence-electron chi connectivity index (χ3n) is 11.3. The number of carbonyl (C=O) groups excluding carboxylic acids is 5. The summed E-state index contributed by atoms with van der Waals surface area (Å²) < 4.78 is 0. The average molecular weight is 747 g/mol. The molecular weight excluding hydrogens is 697 g/mol. The first-order chi connectivity index (χ1) is 26.8. The molecule has 0 aromatic heterocycles. The van der Waals surface area contributed by atoms with Gasteiger partial charge in [0.25, 0.3) is 11.8 Å². The highest BCUT2D eigenvalue weighted by Gasteiger charge is 2.45. The molecule has 0 saturated carbocycles. The van der Waals surface area contributed by atoms with Crippen molar-refractivity contribution < 1.29 is 29.1 Å². The lowest BCUT2D eigenvalue weighted by molar-refractivity contribution is -0.136. The minimum atomic E-state index is -0.957. The van der Waals surface area contributed by atoms with Crippen LogP contribution in [-0.4, -0.2) is 95.2 Å². The number of amides is 4. The number of benzene rings is 3. The number of aromatic hydroxyl groups is 1. The third-order valence-corrected chi connectivity index (χ3v) is 11.3. The van der Waals surface area contributed by atoms with E-state index in [2.05, 4.69) is 50.0 Å². The summed E-state index contributed by atoms with van der Waals surface area (Å²) in [6, 6.07) is 20.6. The van der Waals surface area contributed by atoms with Gasteiger partial charge in [-0.25, -0.2) is 0 Å². The van der Waals surface area contributed by atoms with Crippen LogP contribution in [0.1, 0.15) is 94.4 Å². The van der Waals surface area contributed by atoms with Crippen molar-refractivity contribution in [2.75, 3.05) is 42.9 Å². The van der Waals surface area contributed by atoms with Gasteiger partial charge < -0.3 is 25.5 Å². The second-order valence-electron chi connectivity index (χ2n) is 15.0. The van der Waals surface area contributed by atoms with Crippen LogP contribution in [0.4, 0.5) is 11.4 Å². The van der Waals surface area contributed by atoms with Crippen molar-refractivity contribution in [1.29, 1.82) is 0 Å². The molecule has 55 heavy (non-hydrogen) atoms. The number of ketones is 1. The van der Waals surface area contributed by atoms with Gasteiger partial charge in [0.1, 0.15) is 11.8 Å². The van der Waals surface area contributed by atoms with E-state index in [0.29, 0.717) is 17.6 Å². The third kappa shape index (κ3) is 8.75. The molecule has 4 amide bonds. The number of unbranched alkanes of at least 4 members (excludes halogenated alkanes) is 5. The van der Waals surface area contributed by atoms with E-state index in [-0.39, 0.29) is 41.4 Å². The number of rotatable bonds is 18. The number of anilines is 2. The van der Waals surface area contributed by atoms with Gasteiger partial charge in [-0.15, -0.1) is 0 Å². The van der Waals surface area contributed by atoms with Crippen LogP contribution in [-0.2, 0) is 16.0 Å². The molecule has 3 atom stereocenters. The number of carbonyl (C=O) groups is 5. The van der Waals surface area contributed by atoms with E-state index >= 15 is 0 Å². The molecule has 0 radical (unpaired) electrons. The summed E-state index contributed by atoms with van der Waals surface area (Å²) in [6.07, 6.45) is 12.6. The number of nitrogens with one attached hydrogen (secondary N) is 3. The highest BCUT2D eigenvalue weighted by molar-refractivity contribution is 6.23. The lowest BCUT2D eigenvalue weighted by Gasteiger charge is -2.35. The molecule has 4 aliphatic heterocycles. The average Bonchev–Trinajstić information content (AvgIpc) is 3.86. The molecule has 0 spiro atoms. The quantitative estimate of drug-likeness (QED) is 0.0604. The van der Waals surface area contributed by atoms with Crippen LogP contribution < -0.4 is 20.9 Å². The summed E-state index contributed by atoms with van der Waals surface area (Å²) in [4.78, 5) is 68.0. The zero-order valence-corrected chi connectivity index (χ0v) is 31.2. The van der Waals surface area contributed by atoms with E-state index in [1.165, 1.54) is 36.6 Å². The molecule has 12 heteroatoms. The first-order valence-electron chi connectivity index (χ1n) is 19.7. The summed E-state index contributed by atoms with van der Waals surface area (Å²) in [5.41, 5.74) is 4.26. The Labute approximate surface area is 321 Å². The first kappa shape index (κ1) is 37.8. The molecule has 4 aliphatic rings. The van der Waals surface area contributed by atoms with E-state index in [0.717, 1.165) is 75.4 Å². The molecule has 1 unspecified atom stereocenters. The van der Waals surface area contributed by atoms with Gasteiger partial charge in [0.2, 0.25) is 11.8 Å². The van der Waals surface area contributed by atoms with Gasteiger partial charge in [-0.1, -0.05) is 49.9 Å². The summed E-state index contributed by atoms with van der Waals surface area (Å²) in [5.74, 6) is -2.14. The number of phenols is 1. The lowest BCUT2D eigenvalue weighted by Crippen LogP contribution is -2.54. The van der Waals surface area contributed by atoms with Crippen LogP contribution in [0.2, 0.25) is 0 Å². The Morgan fingerprint density at radius 3 is 2.31 bits per heavy atom. The zero-order chi connectivity index (χ0) is 38.3. The Morgan fingerprint density at radius 2 is 1.56 bits per heavy atom. The van der Waals surface area contributed by atoms with E-state index in [9.17, 15) is 29.1 Å². The fourth-order valence-electron chi connectivity index (χ4n) is 8.24. The smallest absolute Gasteiger partial charge is 0.262 e. The number of fused-ring (bicyclic) bond motifs is 3. The minimum absolute atomic E-state index is 0.0125. The Morgan fingerprint density at radius 1 is 0.818 bits per heavy atom. The topological polar surface area (TPSA) is 151 Å². The largest absolute Gasteiger partial charge is 0.507 e. The Bertz CT molecular complexity index is 1950. The molecule has 12 nitrogen and oxygen atoms in total. The van der Waals surface area contributed by atoms with Gasteiger partial charge in [-0.3, -0.25) is 34.2 Å². The SMILES string of the molecule is O=C1CCC(N2C(=O)c3ccc(NCCCCCCCCNCCc4ccc(N5C[C@H]6C[C@@H]5CN6/C=C/C(=O)c5ccccc5O)cc4)cc3C2=O)C(=O)N1. The molecule has 288 valence electrons. The fourth-order valence-corrected chi connectivity index (χ4v) is 8.24. The molecule has 3 aromatic rings. The number of piperazine rings is 1. The van der Waals surface area contributed by atoms with Gasteiger partial charge in [-0.2, -0.15) is 0 Å². The fraction of sp³-hybridized carbons (Fsp3) is 0.419. The zero-order valence-electron chi connectivity index (χ0n) is 31.2. The molecule has 4 N–H and O–H groups in total. The van der Waals surface area contributed by atoms with Crippen molar-refractivity contribution in [1.82, 2.24) is 20.4 Å². The number of likely N-dealkylation sites (tertiary alicyclic amines) is 1. The van der Waals surface area contributed by atoms with Gasteiger partial charge >= 0.3 is 0 Å². The van der Waals surface area contributed by atoms with Crippen LogP contribution >= 0.6 is 0 Å². The lowest BCUT2D eigenvalue weighted by atomic mass is 10.0. The maximum absolute atomic E-state index is 13.0. The minimum Gasteiger partial charge on any atom is -0.507 e. The van der Waals surface area contributed by atoms with E-state index in [1.807, 2.05) is 6.20 Å². The highest BCUT2D eigenvalue weighted by Crippen LogP contribution is 2.35. The number of allylic oxidation sites excluding steroid dienone is 1. The second kappa shape index (κ2) is 17.3. The molecular formula is C43H50N6O6. The van der Waals surface area contributed by atoms with Crippen molar-refractivity contribution >= 4 is 40.8 Å². The number of para-hydroxylation sites is 1. The molecule has 0 aliphatic carbocycles. The van der Waals surface area contributed by atoms with Crippen LogP contribution in [0.15, 0.2) is 79.0 Å². The second-order valence-corrected chi connectivity index (χ2v) is 15.0. The van der Waals surface area contributed by atoms with Crippen molar-refractivity contribution in [3.05, 3.63) is 101 Å². The van der Waals surface area contributed by atoms with Crippen LogP contribution in [0.5, 0.6) is 5.75 Å². The predicted molar refractivity (Wildman–Crippen MR) is 210 cm³/mol. The Hall–Kier alpha value is -5.49. The number of piperidine rings is 1. The van der Waals surface area contributed by atoms with Crippen molar-refractivity contribution in [3.8, 4) is 5.75 Å². The van der Waals surface area contributed by atoms with Crippen molar-refractivity contribution in [2.24, 2.45) is 0 Å². The highest BCUT2D eigenvalue weighted by atomic mass is 16.3. The monoisotopic (exact) mass is 746 g/mol. The van der Waals surface area contributed by atoms with E-state index in [4.69, 9.17) is 0 Å². The summed E-state index contributed by atoms with van der Waals surface area (Å²) in [7, 11) is 0. The number of phenolic OH excluding ortho intramolecular Hbond substituents is 1. The van der Waals surface area contributed by atoms with Gasteiger partial charge in [0.05, 0.1) is 16.7 Å². The summed E-state index contributed by atoms with van der Waals surface area (Å²) >= 11 is 0. The van der Waals surface area contributed by atoms with Crippen LogP contribution in [0.25, 0.3) is 0 Å². The number of imide groups is 2. The molecule has 4 heterocycles. The maximum Gasteiger partial charge on any atom is 0.262 e. The predicted octanol–water partition coefficient (Wildman–Crippen LogP) is 5.04. The van der Waals surface area contributed by atoms with E-state index < -0.39 is 23.8 Å². The normalized spacial score (nSPS) is 20.5. The van der Waals surface area contributed by atoms with Gasteiger partial charge in [0.15, 0.2) is 5.78 Å². The van der Waals surface area contributed by atoms with Crippen molar-refractivity contribution in [3.63, 3.8) is 0 Å². The summed E-state index contributed by atoms with van der Waals surface area (Å²) in [5, 5.41) is 19.1. The molecule has 3 fully saturated rings.